The molecule has 19 heavy (non-hydrogen) atoms. The van der Waals surface area contributed by atoms with Gasteiger partial charge >= 0.3 is 0 Å². The van der Waals surface area contributed by atoms with Gasteiger partial charge in [0.2, 0.25) is 0 Å². The van der Waals surface area contributed by atoms with Crippen LogP contribution in [0.2, 0.25) is 0 Å². The predicted octanol–water partition coefficient (Wildman–Crippen LogP) is 1.97. The van der Waals surface area contributed by atoms with Crippen molar-refractivity contribution in [2.24, 2.45) is 5.73 Å². The molecule has 1 aliphatic heterocycles. The zero-order valence-electron chi connectivity index (χ0n) is 12.1. The molecule has 2 N–H and O–H groups in total. The fourth-order valence-corrected chi connectivity index (χ4v) is 2.78. The minimum atomic E-state index is 0.122. The van der Waals surface area contributed by atoms with E-state index in [1.165, 1.54) is 5.56 Å². The van der Waals surface area contributed by atoms with Crippen LogP contribution in [0.3, 0.4) is 0 Å². The van der Waals surface area contributed by atoms with E-state index in [0.717, 1.165) is 19.6 Å². The highest BCUT2D eigenvalue weighted by Gasteiger charge is 2.33. The van der Waals surface area contributed by atoms with E-state index in [-0.39, 0.29) is 18.2 Å². The molecule has 106 valence electrons. The van der Waals surface area contributed by atoms with Gasteiger partial charge in [-0.05, 0) is 31.9 Å². The third-order valence-corrected chi connectivity index (χ3v) is 3.92. The van der Waals surface area contributed by atoms with Crippen molar-refractivity contribution in [2.45, 2.75) is 51.4 Å². The van der Waals surface area contributed by atoms with Crippen LogP contribution in [0.15, 0.2) is 24.5 Å². The number of nitrogens with two attached hydrogens (primary N) is 1. The van der Waals surface area contributed by atoms with Crippen LogP contribution in [-0.2, 0) is 4.74 Å². The van der Waals surface area contributed by atoms with E-state index in [0.29, 0.717) is 6.04 Å². The van der Waals surface area contributed by atoms with E-state index in [2.05, 4.69) is 36.7 Å². The smallest absolute Gasteiger partial charge is 0.0675 e. The maximum atomic E-state index is 6.38. The summed E-state index contributed by atoms with van der Waals surface area (Å²) >= 11 is 0. The van der Waals surface area contributed by atoms with Gasteiger partial charge in [-0.15, -0.1) is 0 Å². The molecule has 0 spiro atoms. The minimum Gasteiger partial charge on any atom is -0.376 e. The number of hydrogen-bond donors (Lipinski definition) is 1. The van der Waals surface area contributed by atoms with Crippen LogP contribution < -0.4 is 5.73 Å². The van der Waals surface area contributed by atoms with Crippen LogP contribution in [0.5, 0.6) is 0 Å². The van der Waals surface area contributed by atoms with Gasteiger partial charge in [-0.1, -0.05) is 13.0 Å². The number of pyridine rings is 1. The molecule has 4 unspecified atom stereocenters. The molecule has 1 fully saturated rings. The molecule has 1 aliphatic rings. The molecule has 1 aromatic rings. The van der Waals surface area contributed by atoms with Gasteiger partial charge in [-0.3, -0.25) is 9.88 Å². The van der Waals surface area contributed by atoms with Gasteiger partial charge in [0.05, 0.1) is 18.8 Å². The Balaban J connectivity index is 2.27. The number of aromatic nitrogens is 1. The monoisotopic (exact) mass is 263 g/mol. The normalized spacial score (nSPS) is 28.0. The Hall–Kier alpha value is -0.970. The number of rotatable bonds is 4. The lowest BCUT2D eigenvalue weighted by Gasteiger charge is -2.44. The summed E-state index contributed by atoms with van der Waals surface area (Å²) in [5.41, 5.74) is 7.58. The van der Waals surface area contributed by atoms with Gasteiger partial charge < -0.3 is 10.5 Å². The highest BCUT2D eigenvalue weighted by molar-refractivity contribution is 5.17. The quantitative estimate of drug-likeness (QED) is 0.902. The van der Waals surface area contributed by atoms with Gasteiger partial charge in [0.25, 0.3) is 0 Å². The first-order valence-electron chi connectivity index (χ1n) is 7.16. The molecule has 0 saturated carbocycles. The van der Waals surface area contributed by atoms with E-state index >= 15 is 0 Å². The zero-order valence-corrected chi connectivity index (χ0v) is 12.1. The van der Waals surface area contributed by atoms with Crippen molar-refractivity contribution < 1.29 is 4.74 Å². The van der Waals surface area contributed by atoms with Crippen LogP contribution in [-0.4, -0.2) is 41.2 Å². The van der Waals surface area contributed by atoms with Gasteiger partial charge in [-0.25, -0.2) is 0 Å². The van der Waals surface area contributed by atoms with E-state index in [1.54, 1.807) is 0 Å². The third kappa shape index (κ3) is 3.32. The number of hydrogen-bond acceptors (Lipinski definition) is 4. The molecule has 0 radical (unpaired) electrons. The first kappa shape index (κ1) is 14.4. The summed E-state index contributed by atoms with van der Waals surface area (Å²) in [5, 5.41) is 0. The Morgan fingerprint density at radius 1 is 1.53 bits per heavy atom. The van der Waals surface area contributed by atoms with Crippen LogP contribution in [0.4, 0.5) is 0 Å². The maximum absolute atomic E-state index is 6.38. The average Bonchev–Trinajstić information content (AvgIpc) is 2.44. The van der Waals surface area contributed by atoms with Crippen molar-refractivity contribution in [3.63, 3.8) is 0 Å². The molecule has 2 rings (SSSR count). The van der Waals surface area contributed by atoms with Gasteiger partial charge in [-0.2, -0.15) is 0 Å². The standard InChI is InChI=1S/C15H25N3O/c1-4-14(16)15(13-6-5-7-17-8-13)18-9-12(3)19-10-11(18)2/h5-8,11-12,14-15H,4,9-10,16H2,1-3H3. The molecule has 4 atom stereocenters. The molecule has 4 nitrogen and oxygen atoms in total. The van der Waals surface area contributed by atoms with E-state index in [4.69, 9.17) is 10.5 Å². The van der Waals surface area contributed by atoms with E-state index < -0.39 is 0 Å². The SMILES string of the molecule is CCC(N)C(c1cccnc1)N1CC(C)OCC1C. The Kier molecular flexibility index (Phi) is 4.91. The molecule has 0 aliphatic carbocycles. The molecule has 2 heterocycles. The van der Waals surface area contributed by atoms with Gasteiger partial charge in [0.1, 0.15) is 0 Å². The zero-order chi connectivity index (χ0) is 13.8. The summed E-state index contributed by atoms with van der Waals surface area (Å²) in [6, 6.07) is 4.84. The second-order valence-electron chi connectivity index (χ2n) is 5.49. The van der Waals surface area contributed by atoms with E-state index in [1.807, 2.05) is 18.5 Å². The number of nitrogens with zero attached hydrogens (tertiary/aromatic N) is 2. The summed E-state index contributed by atoms with van der Waals surface area (Å²) in [5.74, 6) is 0. The fourth-order valence-electron chi connectivity index (χ4n) is 2.78. The van der Waals surface area contributed by atoms with Crippen LogP contribution >= 0.6 is 0 Å². The predicted molar refractivity (Wildman–Crippen MR) is 76.8 cm³/mol. The molecule has 0 bridgehead atoms. The molecule has 0 aromatic carbocycles. The molecule has 4 heteroatoms. The Bertz CT molecular complexity index is 384. The van der Waals surface area contributed by atoms with Gasteiger partial charge in [0, 0.05) is 31.0 Å². The minimum absolute atomic E-state index is 0.122. The Morgan fingerprint density at radius 3 is 2.95 bits per heavy atom. The first-order valence-corrected chi connectivity index (χ1v) is 7.16. The van der Waals surface area contributed by atoms with Crippen molar-refractivity contribution in [3.05, 3.63) is 30.1 Å². The molecular weight excluding hydrogens is 238 g/mol. The van der Waals surface area contributed by atoms with Crippen molar-refractivity contribution >= 4 is 0 Å². The van der Waals surface area contributed by atoms with Crippen molar-refractivity contribution in [1.29, 1.82) is 0 Å². The summed E-state index contributed by atoms with van der Waals surface area (Å²) in [6.07, 6.45) is 4.97. The second-order valence-corrected chi connectivity index (χ2v) is 5.49. The van der Waals surface area contributed by atoms with Crippen LogP contribution in [0.1, 0.15) is 38.8 Å². The lowest BCUT2D eigenvalue weighted by atomic mass is 9.95. The summed E-state index contributed by atoms with van der Waals surface area (Å²) in [7, 11) is 0. The second kappa shape index (κ2) is 6.46. The number of ether oxygens (including phenoxy) is 1. The largest absolute Gasteiger partial charge is 0.376 e. The summed E-state index contributed by atoms with van der Waals surface area (Å²) < 4.78 is 5.72. The van der Waals surface area contributed by atoms with Crippen LogP contribution in [0, 0.1) is 0 Å². The van der Waals surface area contributed by atoms with Gasteiger partial charge in [0.15, 0.2) is 0 Å². The summed E-state index contributed by atoms with van der Waals surface area (Å²) in [6.45, 7) is 8.17. The molecule has 1 aromatic heterocycles. The van der Waals surface area contributed by atoms with Crippen molar-refractivity contribution in [3.8, 4) is 0 Å². The van der Waals surface area contributed by atoms with E-state index in [9.17, 15) is 0 Å². The fraction of sp³-hybridized carbons (Fsp3) is 0.667. The third-order valence-electron chi connectivity index (χ3n) is 3.92. The number of morpholine rings is 1. The highest BCUT2D eigenvalue weighted by Crippen LogP contribution is 2.29. The average molecular weight is 263 g/mol. The molecular formula is C15H25N3O. The molecule has 1 saturated heterocycles. The summed E-state index contributed by atoms with van der Waals surface area (Å²) in [4.78, 5) is 6.72. The topological polar surface area (TPSA) is 51.4 Å². The first-order chi connectivity index (χ1) is 9.13. The maximum Gasteiger partial charge on any atom is 0.0675 e. The lowest BCUT2D eigenvalue weighted by Crippen LogP contribution is -2.53. The highest BCUT2D eigenvalue weighted by atomic mass is 16.5. The van der Waals surface area contributed by atoms with Crippen LogP contribution in [0.25, 0.3) is 0 Å². The van der Waals surface area contributed by atoms with Crippen molar-refractivity contribution in [1.82, 2.24) is 9.88 Å². The lowest BCUT2D eigenvalue weighted by molar-refractivity contribution is -0.0707. The Morgan fingerprint density at radius 2 is 2.32 bits per heavy atom. The van der Waals surface area contributed by atoms with Crippen molar-refractivity contribution in [2.75, 3.05) is 13.2 Å². The molecule has 0 amide bonds. The Labute approximate surface area is 116 Å².